The molecule has 0 amide bonds. The number of rotatable bonds is 5. The molecule has 1 unspecified atom stereocenters. The fourth-order valence-corrected chi connectivity index (χ4v) is 3.33. The van der Waals surface area contributed by atoms with Gasteiger partial charge in [0.25, 0.3) is 0 Å². The molecule has 2 rings (SSSR count). The molecule has 1 aliphatic carbocycles. The lowest BCUT2D eigenvalue weighted by Crippen LogP contribution is -2.36. The topological polar surface area (TPSA) is 56.7 Å². The van der Waals surface area contributed by atoms with Gasteiger partial charge in [0.1, 0.15) is 12.2 Å². The zero-order valence-corrected chi connectivity index (χ0v) is 12.5. The van der Waals surface area contributed by atoms with Crippen LogP contribution in [0.2, 0.25) is 0 Å². The highest BCUT2D eigenvalue weighted by Gasteiger charge is 2.27. The molecule has 19 heavy (non-hydrogen) atoms. The maximum atomic E-state index is 6.40. The van der Waals surface area contributed by atoms with Crippen LogP contribution >= 0.6 is 0 Å². The van der Waals surface area contributed by atoms with Gasteiger partial charge in [0.2, 0.25) is 0 Å². The van der Waals surface area contributed by atoms with Gasteiger partial charge < -0.3 is 5.73 Å². The van der Waals surface area contributed by atoms with Crippen LogP contribution in [0.1, 0.15) is 52.3 Å². The molecule has 1 aromatic rings. The second kappa shape index (κ2) is 6.51. The molecule has 0 radical (unpaired) electrons. The largest absolute Gasteiger partial charge is 0.327 e. The smallest absolute Gasteiger partial charge is 0.138 e. The number of aromatic nitrogens is 3. The standard InChI is InChI=1S/C15H28N4/c1-4-19-15(17-10-18-19)9-14(16)13-7-5-12(6-8-13)11(2)3/h10-14H,4-9,16H2,1-3H3. The SMILES string of the molecule is CCn1ncnc1CC(N)C1CCC(C(C)C)CC1. The molecule has 4 heteroatoms. The Kier molecular flexibility index (Phi) is 4.97. The maximum Gasteiger partial charge on any atom is 0.138 e. The second-order valence-corrected chi connectivity index (χ2v) is 6.28. The molecule has 0 aliphatic heterocycles. The number of aryl methyl sites for hydroxylation is 1. The summed E-state index contributed by atoms with van der Waals surface area (Å²) in [5, 5.41) is 4.22. The van der Waals surface area contributed by atoms with Gasteiger partial charge in [-0.1, -0.05) is 13.8 Å². The molecule has 1 saturated carbocycles. The van der Waals surface area contributed by atoms with E-state index in [2.05, 4.69) is 30.9 Å². The average molecular weight is 264 g/mol. The monoisotopic (exact) mass is 264 g/mol. The van der Waals surface area contributed by atoms with E-state index in [0.717, 1.165) is 30.6 Å². The van der Waals surface area contributed by atoms with Crippen LogP contribution < -0.4 is 5.73 Å². The highest BCUT2D eigenvalue weighted by Crippen LogP contribution is 2.34. The van der Waals surface area contributed by atoms with Crippen molar-refractivity contribution >= 4 is 0 Å². The highest BCUT2D eigenvalue weighted by atomic mass is 15.3. The molecule has 108 valence electrons. The van der Waals surface area contributed by atoms with E-state index in [0.29, 0.717) is 5.92 Å². The van der Waals surface area contributed by atoms with Crippen molar-refractivity contribution in [1.82, 2.24) is 14.8 Å². The van der Waals surface area contributed by atoms with Gasteiger partial charge >= 0.3 is 0 Å². The Hall–Kier alpha value is -0.900. The van der Waals surface area contributed by atoms with Gasteiger partial charge in [-0.15, -0.1) is 0 Å². The predicted octanol–water partition coefficient (Wildman–Crippen LogP) is 2.63. The highest BCUT2D eigenvalue weighted by molar-refractivity contribution is 4.92. The minimum atomic E-state index is 0.239. The van der Waals surface area contributed by atoms with E-state index in [1.807, 2.05) is 4.68 Å². The lowest BCUT2D eigenvalue weighted by atomic mass is 9.74. The summed E-state index contributed by atoms with van der Waals surface area (Å²) in [4.78, 5) is 4.34. The van der Waals surface area contributed by atoms with Crippen LogP contribution in [0.15, 0.2) is 6.33 Å². The van der Waals surface area contributed by atoms with Crippen LogP contribution in [0.4, 0.5) is 0 Å². The van der Waals surface area contributed by atoms with E-state index in [1.165, 1.54) is 25.7 Å². The van der Waals surface area contributed by atoms with Crippen LogP contribution in [0.3, 0.4) is 0 Å². The number of hydrogen-bond acceptors (Lipinski definition) is 3. The summed E-state index contributed by atoms with van der Waals surface area (Å²) in [6.45, 7) is 7.66. The fraction of sp³-hybridized carbons (Fsp3) is 0.867. The van der Waals surface area contributed by atoms with Crippen LogP contribution in [0, 0.1) is 17.8 Å². The molecular weight excluding hydrogens is 236 g/mol. The summed E-state index contributed by atoms with van der Waals surface area (Å²) in [7, 11) is 0. The third-order valence-electron chi connectivity index (χ3n) is 4.78. The Labute approximate surface area is 116 Å². The van der Waals surface area contributed by atoms with Gasteiger partial charge in [-0.2, -0.15) is 5.10 Å². The average Bonchev–Trinajstić information content (AvgIpc) is 2.86. The maximum absolute atomic E-state index is 6.40. The Morgan fingerprint density at radius 1 is 1.26 bits per heavy atom. The van der Waals surface area contributed by atoms with Crippen molar-refractivity contribution in [3.05, 3.63) is 12.2 Å². The van der Waals surface area contributed by atoms with Gasteiger partial charge in [-0.3, -0.25) is 4.68 Å². The third-order valence-corrected chi connectivity index (χ3v) is 4.78. The van der Waals surface area contributed by atoms with Gasteiger partial charge in [-0.05, 0) is 50.4 Å². The molecule has 4 nitrogen and oxygen atoms in total. The molecule has 1 fully saturated rings. The van der Waals surface area contributed by atoms with E-state index < -0.39 is 0 Å². The van der Waals surface area contributed by atoms with Gasteiger partial charge in [-0.25, -0.2) is 4.98 Å². The molecule has 1 aromatic heterocycles. The van der Waals surface area contributed by atoms with Gasteiger partial charge in [0, 0.05) is 19.0 Å². The summed E-state index contributed by atoms with van der Waals surface area (Å²) in [6.07, 6.45) is 7.76. The van der Waals surface area contributed by atoms with E-state index in [-0.39, 0.29) is 6.04 Å². The summed E-state index contributed by atoms with van der Waals surface area (Å²) in [6, 6.07) is 0.239. The summed E-state index contributed by atoms with van der Waals surface area (Å²) in [5.74, 6) is 3.43. The fourth-order valence-electron chi connectivity index (χ4n) is 3.33. The van der Waals surface area contributed by atoms with E-state index >= 15 is 0 Å². The summed E-state index contributed by atoms with van der Waals surface area (Å²) in [5.41, 5.74) is 6.40. The van der Waals surface area contributed by atoms with Crippen molar-refractivity contribution in [2.45, 2.75) is 65.5 Å². The van der Waals surface area contributed by atoms with E-state index in [1.54, 1.807) is 6.33 Å². The van der Waals surface area contributed by atoms with Crippen LogP contribution in [-0.2, 0) is 13.0 Å². The van der Waals surface area contributed by atoms with Crippen molar-refractivity contribution < 1.29 is 0 Å². The molecular formula is C15H28N4. The second-order valence-electron chi connectivity index (χ2n) is 6.28. The number of nitrogens with two attached hydrogens (primary N) is 1. The number of hydrogen-bond donors (Lipinski definition) is 1. The van der Waals surface area contributed by atoms with Gasteiger partial charge in [0.15, 0.2) is 0 Å². The van der Waals surface area contributed by atoms with Crippen molar-refractivity contribution in [2.24, 2.45) is 23.5 Å². The van der Waals surface area contributed by atoms with Gasteiger partial charge in [0.05, 0.1) is 0 Å². The lowest BCUT2D eigenvalue weighted by Gasteiger charge is -2.33. The van der Waals surface area contributed by atoms with E-state index in [4.69, 9.17) is 5.73 Å². The summed E-state index contributed by atoms with van der Waals surface area (Å²) >= 11 is 0. The Balaban J connectivity index is 1.86. The predicted molar refractivity (Wildman–Crippen MR) is 77.7 cm³/mol. The van der Waals surface area contributed by atoms with Crippen molar-refractivity contribution in [2.75, 3.05) is 0 Å². The quantitative estimate of drug-likeness (QED) is 0.889. The zero-order chi connectivity index (χ0) is 13.8. The first-order valence-corrected chi connectivity index (χ1v) is 7.74. The molecule has 0 saturated heterocycles. The Morgan fingerprint density at radius 3 is 2.47 bits per heavy atom. The minimum absolute atomic E-state index is 0.239. The van der Waals surface area contributed by atoms with Crippen molar-refractivity contribution in [1.29, 1.82) is 0 Å². The lowest BCUT2D eigenvalue weighted by molar-refractivity contribution is 0.201. The molecule has 1 atom stereocenters. The van der Waals surface area contributed by atoms with E-state index in [9.17, 15) is 0 Å². The molecule has 2 N–H and O–H groups in total. The molecule has 0 aromatic carbocycles. The molecule has 0 spiro atoms. The van der Waals surface area contributed by atoms with Crippen molar-refractivity contribution in [3.63, 3.8) is 0 Å². The summed E-state index contributed by atoms with van der Waals surface area (Å²) < 4.78 is 1.96. The number of nitrogens with zero attached hydrogens (tertiary/aromatic N) is 3. The zero-order valence-electron chi connectivity index (χ0n) is 12.5. The molecule has 1 heterocycles. The minimum Gasteiger partial charge on any atom is -0.327 e. The van der Waals surface area contributed by atoms with Crippen LogP contribution in [0.5, 0.6) is 0 Å². The first-order chi connectivity index (χ1) is 9.11. The Morgan fingerprint density at radius 2 is 1.89 bits per heavy atom. The van der Waals surface area contributed by atoms with Crippen LogP contribution in [0.25, 0.3) is 0 Å². The third kappa shape index (κ3) is 3.56. The molecule has 0 bridgehead atoms. The Bertz CT molecular complexity index is 377. The van der Waals surface area contributed by atoms with Crippen molar-refractivity contribution in [3.8, 4) is 0 Å². The molecule has 1 aliphatic rings. The first-order valence-electron chi connectivity index (χ1n) is 7.74. The van der Waals surface area contributed by atoms with Crippen LogP contribution in [-0.4, -0.2) is 20.8 Å². The first kappa shape index (κ1) is 14.5. The normalized spacial score (nSPS) is 25.7.